The quantitative estimate of drug-likeness (QED) is 0.833. The van der Waals surface area contributed by atoms with Gasteiger partial charge in [-0.05, 0) is 37.5 Å². The molecule has 0 heterocycles. The van der Waals surface area contributed by atoms with Crippen molar-refractivity contribution < 1.29 is 9.18 Å². The highest BCUT2D eigenvalue weighted by Gasteiger charge is 2.37. The van der Waals surface area contributed by atoms with Crippen molar-refractivity contribution in [2.75, 3.05) is 11.9 Å². The predicted octanol–water partition coefficient (Wildman–Crippen LogP) is 3.37. The van der Waals surface area contributed by atoms with Gasteiger partial charge in [0.15, 0.2) is 0 Å². The minimum absolute atomic E-state index is 0.0647. The van der Waals surface area contributed by atoms with Gasteiger partial charge in [0.25, 0.3) is 0 Å². The van der Waals surface area contributed by atoms with Gasteiger partial charge in [0.2, 0.25) is 5.91 Å². The first kappa shape index (κ1) is 15.0. The summed E-state index contributed by atoms with van der Waals surface area (Å²) in [4.78, 5) is 12.6. The molecule has 1 aliphatic carbocycles. The Labute approximate surface area is 119 Å². The molecule has 1 aliphatic rings. The van der Waals surface area contributed by atoms with Crippen LogP contribution in [0.25, 0.3) is 0 Å². The second-order valence-electron chi connectivity index (χ2n) is 5.82. The summed E-state index contributed by atoms with van der Waals surface area (Å²) in [6.07, 6.45) is 6.04. The Morgan fingerprint density at radius 3 is 2.50 bits per heavy atom. The van der Waals surface area contributed by atoms with Gasteiger partial charge in [0.05, 0.1) is 5.41 Å². The average molecular weight is 278 g/mol. The molecular weight excluding hydrogens is 255 g/mol. The van der Waals surface area contributed by atoms with Crippen molar-refractivity contribution in [2.24, 2.45) is 11.1 Å². The van der Waals surface area contributed by atoms with Crippen LogP contribution in [0.2, 0.25) is 0 Å². The molecule has 1 aromatic rings. The van der Waals surface area contributed by atoms with Crippen molar-refractivity contribution in [3.63, 3.8) is 0 Å². The number of carbonyl (C=O) groups excluding carboxylic acids is 1. The lowest BCUT2D eigenvalue weighted by Crippen LogP contribution is -2.42. The summed E-state index contributed by atoms with van der Waals surface area (Å²) in [6.45, 7) is 2.06. The number of hydrogen-bond acceptors (Lipinski definition) is 2. The molecule has 0 aliphatic heterocycles. The summed E-state index contributed by atoms with van der Waals surface area (Å²) in [6, 6.07) is 4.78. The molecule has 20 heavy (non-hydrogen) atoms. The zero-order valence-electron chi connectivity index (χ0n) is 12.0. The molecule has 2 rings (SSSR count). The Bertz CT molecular complexity index is 479. The van der Waals surface area contributed by atoms with Crippen LogP contribution in [0, 0.1) is 18.2 Å². The maximum Gasteiger partial charge on any atom is 0.231 e. The van der Waals surface area contributed by atoms with E-state index in [4.69, 9.17) is 5.73 Å². The highest BCUT2D eigenvalue weighted by molar-refractivity contribution is 5.95. The van der Waals surface area contributed by atoms with Gasteiger partial charge in [-0.25, -0.2) is 4.39 Å². The molecule has 0 radical (unpaired) electrons. The first-order chi connectivity index (χ1) is 9.57. The maximum absolute atomic E-state index is 13.5. The normalized spacial score (nSPS) is 18.4. The third-order valence-corrected chi connectivity index (χ3v) is 4.36. The second-order valence-corrected chi connectivity index (χ2v) is 5.82. The molecule has 0 saturated heterocycles. The lowest BCUT2D eigenvalue weighted by molar-refractivity contribution is -0.125. The molecule has 3 nitrogen and oxygen atoms in total. The molecule has 0 bridgehead atoms. The Hall–Kier alpha value is -1.42. The SMILES string of the molecule is Cc1ccc(NC(=O)C2(CN)CCCCCC2)cc1F. The van der Waals surface area contributed by atoms with E-state index in [9.17, 15) is 9.18 Å². The molecule has 0 atom stereocenters. The third-order valence-electron chi connectivity index (χ3n) is 4.36. The first-order valence-electron chi connectivity index (χ1n) is 7.35. The van der Waals surface area contributed by atoms with E-state index < -0.39 is 5.41 Å². The largest absolute Gasteiger partial charge is 0.329 e. The summed E-state index contributed by atoms with van der Waals surface area (Å²) >= 11 is 0. The molecule has 0 spiro atoms. The Morgan fingerprint density at radius 2 is 1.95 bits per heavy atom. The van der Waals surface area contributed by atoms with Crippen LogP contribution in [-0.2, 0) is 4.79 Å². The number of nitrogens with two attached hydrogens (primary N) is 1. The molecular formula is C16H23FN2O. The van der Waals surface area contributed by atoms with E-state index in [1.807, 2.05) is 0 Å². The van der Waals surface area contributed by atoms with E-state index in [0.717, 1.165) is 38.5 Å². The lowest BCUT2D eigenvalue weighted by atomic mass is 9.79. The van der Waals surface area contributed by atoms with Crippen LogP contribution in [0.1, 0.15) is 44.1 Å². The summed E-state index contributed by atoms with van der Waals surface area (Å²) < 4.78 is 13.5. The maximum atomic E-state index is 13.5. The predicted molar refractivity (Wildman–Crippen MR) is 79.0 cm³/mol. The van der Waals surface area contributed by atoms with Gasteiger partial charge in [-0.3, -0.25) is 4.79 Å². The standard InChI is InChI=1S/C16H23FN2O/c1-12-6-7-13(10-14(12)17)19-15(20)16(11-18)8-4-2-3-5-9-16/h6-7,10H,2-5,8-9,11,18H2,1H3,(H,19,20). The van der Waals surface area contributed by atoms with Crippen molar-refractivity contribution in [3.05, 3.63) is 29.6 Å². The molecule has 1 aromatic carbocycles. The summed E-state index contributed by atoms with van der Waals surface area (Å²) in [5.74, 6) is -0.365. The number of anilines is 1. The van der Waals surface area contributed by atoms with Gasteiger partial charge in [-0.15, -0.1) is 0 Å². The molecule has 1 amide bonds. The van der Waals surface area contributed by atoms with Crippen LogP contribution in [0.4, 0.5) is 10.1 Å². The lowest BCUT2D eigenvalue weighted by Gasteiger charge is -2.29. The minimum Gasteiger partial charge on any atom is -0.329 e. The highest BCUT2D eigenvalue weighted by Crippen LogP contribution is 2.35. The smallest absolute Gasteiger partial charge is 0.231 e. The zero-order chi connectivity index (χ0) is 14.6. The van der Waals surface area contributed by atoms with Crippen LogP contribution < -0.4 is 11.1 Å². The van der Waals surface area contributed by atoms with E-state index in [1.165, 1.54) is 6.07 Å². The van der Waals surface area contributed by atoms with Crippen LogP contribution in [0.3, 0.4) is 0 Å². The molecule has 3 N–H and O–H groups in total. The number of halogens is 1. The number of amides is 1. The van der Waals surface area contributed by atoms with Crippen molar-refractivity contribution in [1.82, 2.24) is 0 Å². The fourth-order valence-corrected chi connectivity index (χ4v) is 2.86. The van der Waals surface area contributed by atoms with Crippen LogP contribution in [0.5, 0.6) is 0 Å². The number of rotatable bonds is 3. The fraction of sp³-hybridized carbons (Fsp3) is 0.562. The summed E-state index contributed by atoms with van der Waals surface area (Å²) in [5, 5.41) is 2.84. The van der Waals surface area contributed by atoms with Crippen LogP contribution >= 0.6 is 0 Å². The first-order valence-corrected chi connectivity index (χ1v) is 7.35. The van der Waals surface area contributed by atoms with Crippen molar-refractivity contribution in [3.8, 4) is 0 Å². The van der Waals surface area contributed by atoms with Gasteiger partial charge in [-0.1, -0.05) is 31.7 Å². The minimum atomic E-state index is -0.488. The number of hydrogen-bond donors (Lipinski definition) is 2. The van der Waals surface area contributed by atoms with Gasteiger partial charge in [0.1, 0.15) is 5.82 Å². The van der Waals surface area contributed by atoms with Gasteiger partial charge < -0.3 is 11.1 Å². The Kier molecular flexibility index (Phi) is 4.76. The van der Waals surface area contributed by atoms with Crippen molar-refractivity contribution in [1.29, 1.82) is 0 Å². The van der Waals surface area contributed by atoms with Crippen LogP contribution in [0.15, 0.2) is 18.2 Å². The molecule has 0 unspecified atom stereocenters. The molecule has 110 valence electrons. The average Bonchev–Trinajstić information content (AvgIpc) is 2.69. The molecule has 0 aromatic heterocycles. The highest BCUT2D eigenvalue weighted by atomic mass is 19.1. The monoisotopic (exact) mass is 278 g/mol. The van der Waals surface area contributed by atoms with E-state index in [0.29, 0.717) is 17.8 Å². The molecule has 4 heteroatoms. The number of nitrogens with one attached hydrogen (secondary N) is 1. The second kappa shape index (κ2) is 6.35. The summed E-state index contributed by atoms with van der Waals surface area (Å²) in [5.41, 5.74) is 6.48. The van der Waals surface area contributed by atoms with E-state index >= 15 is 0 Å². The van der Waals surface area contributed by atoms with Gasteiger partial charge in [-0.2, -0.15) is 0 Å². The van der Waals surface area contributed by atoms with Crippen LogP contribution in [-0.4, -0.2) is 12.5 Å². The van der Waals surface area contributed by atoms with E-state index in [2.05, 4.69) is 5.32 Å². The third kappa shape index (κ3) is 3.18. The Balaban J connectivity index is 2.14. The number of carbonyl (C=O) groups is 1. The number of benzene rings is 1. The molecule has 1 fully saturated rings. The molecule has 1 saturated carbocycles. The number of aryl methyl sites for hydroxylation is 1. The van der Waals surface area contributed by atoms with Crippen molar-refractivity contribution in [2.45, 2.75) is 45.4 Å². The van der Waals surface area contributed by atoms with Crippen molar-refractivity contribution >= 4 is 11.6 Å². The van der Waals surface area contributed by atoms with E-state index in [-0.39, 0.29) is 11.7 Å². The topological polar surface area (TPSA) is 55.1 Å². The zero-order valence-corrected chi connectivity index (χ0v) is 12.0. The van der Waals surface area contributed by atoms with Gasteiger partial charge in [0, 0.05) is 12.2 Å². The van der Waals surface area contributed by atoms with Gasteiger partial charge >= 0.3 is 0 Å². The summed E-state index contributed by atoms with van der Waals surface area (Å²) in [7, 11) is 0. The van der Waals surface area contributed by atoms with E-state index in [1.54, 1.807) is 19.1 Å². The Morgan fingerprint density at radius 1 is 1.30 bits per heavy atom. The fourth-order valence-electron chi connectivity index (χ4n) is 2.86.